The Morgan fingerprint density at radius 1 is 1.50 bits per heavy atom. The van der Waals surface area contributed by atoms with Gasteiger partial charge in [0.25, 0.3) is 0 Å². The van der Waals surface area contributed by atoms with Crippen molar-refractivity contribution in [2.45, 2.75) is 51.6 Å². The van der Waals surface area contributed by atoms with Crippen molar-refractivity contribution in [3.63, 3.8) is 0 Å². The minimum absolute atomic E-state index is 0.342. The van der Waals surface area contributed by atoms with E-state index in [0.717, 1.165) is 13.0 Å². The zero-order valence-corrected chi connectivity index (χ0v) is 8.64. The fraction of sp³-hybridized carbons (Fsp3) is 1.00. The first-order chi connectivity index (χ1) is 5.56. The quantitative estimate of drug-likeness (QED) is 0.697. The molecule has 0 bridgehead atoms. The van der Waals surface area contributed by atoms with Crippen molar-refractivity contribution in [2.75, 3.05) is 13.1 Å². The molecule has 2 N–H and O–H groups in total. The maximum absolute atomic E-state index is 5.93. The van der Waals surface area contributed by atoms with Crippen LogP contribution in [-0.4, -0.2) is 29.6 Å². The minimum Gasteiger partial charge on any atom is -0.326 e. The third-order valence-electron chi connectivity index (χ3n) is 2.85. The zero-order valence-electron chi connectivity index (χ0n) is 8.64. The number of hydrogen-bond acceptors (Lipinski definition) is 2. The lowest BCUT2D eigenvalue weighted by Gasteiger charge is -2.31. The Balaban J connectivity index is 2.42. The summed E-state index contributed by atoms with van der Waals surface area (Å²) in [5, 5.41) is 0. The van der Waals surface area contributed by atoms with Crippen molar-refractivity contribution >= 4 is 0 Å². The van der Waals surface area contributed by atoms with Crippen LogP contribution in [0.4, 0.5) is 0 Å². The highest BCUT2D eigenvalue weighted by atomic mass is 15.2. The van der Waals surface area contributed by atoms with Crippen LogP contribution in [0.15, 0.2) is 0 Å². The third kappa shape index (κ3) is 2.20. The highest BCUT2D eigenvalue weighted by Gasteiger charge is 2.35. The van der Waals surface area contributed by atoms with Crippen molar-refractivity contribution < 1.29 is 0 Å². The zero-order chi connectivity index (χ0) is 9.19. The number of nitrogens with zero attached hydrogens (tertiary/aromatic N) is 1. The fourth-order valence-electron chi connectivity index (χ4n) is 2.11. The predicted octanol–water partition coefficient (Wildman–Crippen LogP) is 1.60. The largest absolute Gasteiger partial charge is 0.326 e. The van der Waals surface area contributed by atoms with Crippen LogP contribution in [-0.2, 0) is 0 Å². The third-order valence-corrected chi connectivity index (χ3v) is 2.85. The summed E-state index contributed by atoms with van der Waals surface area (Å²) in [6.45, 7) is 9.15. The van der Waals surface area contributed by atoms with Crippen LogP contribution >= 0.6 is 0 Å². The molecule has 12 heavy (non-hydrogen) atoms. The van der Waals surface area contributed by atoms with Crippen molar-refractivity contribution in [1.82, 2.24) is 4.90 Å². The van der Waals surface area contributed by atoms with Gasteiger partial charge in [-0.25, -0.2) is 0 Å². The van der Waals surface area contributed by atoms with Crippen molar-refractivity contribution in [3.05, 3.63) is 0 Å². The molecule has 1 rings (SSSR count). The van der Waals surface area contributed by atoms with E-state index in [0.29, 0.717) is 11.6 Å². The van der Waals surface area contributed by atoms with Crippen LogP contribution in [0.1, 0.15) is 40.0 Å². The van der Waals surface area contributed by atoms with Gasteiger partial charge < -0.3 is 5.73 Å². The number of rotatable bonds is 3. The molecule has 1 atom stereocenters. The van der Waals surface area contributed by atoms with Gasteiger partial charge in [0, 0.05) is 18.1 Å². The second kappa shape index (κ2) is 3.75. The van der Waals surface area contributed by atoms with Gasteiger partial charge in [-0.05, 0) is 33.2 Å². The highest BCUT2D eigenvalue weighted by Crippen LogP contribution is 2.27. The van der Waals surface area contributed by atoms with Crippen LogP contribution < -0.4 is 5.73 Å². The molecular formula is C10H22N2. The minimum atomic E-state index is 0.342. The molecule has 0 aromatic heterocycles. The summed E-state index contributed by atoms with van der Waals surface area (Å²) in [5.74, 6) is 0. The van der Waals surface area contributed by atoms with E-state index in [2.05, 4.69) is 25.7 Å². The first-order valence-electron chi connectivity index (χ1n) is 5.07. The maximum Gasteiger partial charge on any atom is 0.0185 e. The molecule has 0 amide bonds. The fourth-order valence-corrected chi connectivity index (χ4v) is 2.11. The Bertz CT molecular complexity index is 143. The molecule has 1 aliphatic rings. The lowest BCUT2D eigenvalue weighted by Crippen LogP contribution is -2.38. The van der Waals surface area contributed by atoms with Crippen molar-refractivity contribution in [2.24, 2.45) is 5.73 Å². The summed E-state index contributed by atoms with van der Waals surface area (Å²) in [6.07, 6.45) is 3.73. The maximum atomic E-state index is 5.93. The molecule has 1 heterocycles. The summed E-state index contributed by atoms with van der Waals surface area (Å²) in [7, 11) is 0. The van der Waals surface area contributed by atoms with E-state index in [1.807, 2.05) is 0 Å². The summed E-state index contributed by atoms with van der Waals surface area (Å²) in [4.78, 5) is 2.53. The Labute approximate surface area is 76.1 Å². The predicted molar refractivity (Wildman–Crippen MR) is 53.2 cm³/mol. The van der Waals surface area contributed by atoms with Gasteiger partial charge in [-0.1, -0.05) is 13.3 Å². The standard InChI is InChI=1S/C10H22N2/c1-4-5-6-12-8-9(11)7-10(12,2)3/h9H,4-8,11H2,1-3H3. The molecule has 0 aromatic carbocycles. The summed E-state index contributed by atoms with van der Waals surface area (Å²) < 4.78 is 0. The molecule has 2 heteroatoms. The normalized spacial score (nSPS) is 29.5. The van der Waals surface area contributed by atoms with Crippen LogP contribution in [0.3, 0.4) is 0 Å². The van der Waals surface area contributed by atoms with Crippen molar-refractivity contribution in [1.29, 1.82) is 0 Å². The number of nitrogens with two attached hydrogens (primary N) is 1. The Morgan fingerprint density at radius 3 is 2.58 bits per heavy atom. The molecule has 1 unspecified atom stereocenters. The van der Waals surface area contributed by atoms with E-state index in [-0.39, 0.29) is 0 Å². The molecule has 0 saturated carbocycles. The molecule has 0 spiro atoms. The first-order valence-corrected chi connectivity index (χ1v) is 5.07. The summed E-state index contributed by atoms with van der Waals surface area (Å²) in [6, 6.07) is 0.400. The van der Waals surface area contributed by atoms with E-state index >= 15 is 0 Å². The van der Waals surface area contributed by atoms with Gasteiger partial charge in [-0.3, -0.25) is 4.90 Å². The molecule has 1 fully saturated rings. The smallest absolute Gasteiger partial charge is 0.0185 e. The van der Waals surface area contributed by atoms with Gasteiger partial charge in [-0.2, -0.15) is 0 Å². The SMILES string of the molecule is CCCCN1CC(N)CC1(C)C. The van der Waals surface area contributed by atoms with Gasteiger partial charge in [0.1, 0.15) is 0 Å². The van der Waals surface area contributed by atoms with Gasteiger partial charge >= 0.3 is 0 Å². The van der Waals surface area contributed by atoms with E-state index in [9.17, 15) is 0 Å². The Kier molecular flexibility index (Phi) is 3.13. The van der Waals surface area contributed by atoms with E-state index in [1.54, 1.807) is 0 Å². The summed E-state index contributed by atoms with van der Waals surface area (Å²) in [5.41, 5.74) is 6.27. The Hall–Kier alpha value is -0.0800. The second-order valence-corrected chi connectivity index (χ2v) is 4.58. The topological polar surface area (TPSA) is 29.3 Å². The Morgan fingerprint density at radius 2 is 2.17 bits per heavy atom. The lowest BCUT2D eigenvalue weighted by molar-refractivity contribution is 0.172. The van der Waals surface area contributed by atoms with Crippen LogP contribution in [0, 0.1) is 0 Å². The average molecular weight is 170 g/mol. The lowest BCUT2D eigenvalue weighted by atomic mass is 10.0. The van der Waals surface area contributed by atoms with Gasteiger partial charge in [0.15, 0.2) is 0 Å². The molecule has 1 saturated heterocycles. The van der Waals surface area contributed by atoms with Crippen LogP contribution in [0.2, 0.25) is 0 Å². The molecule has 0 radical (unpaired) electrons. The van der Waals surface area contributed by atoms with Crippen LogP contribution in [0.25, 0.3) is 0 Å². The molecular weight excluding hydrogens is 148 g/mol. The van der Waals surface area contributed by atoms with E-state index in [4.69, 9.17) is 5.73 Å². The van der Waals surface area contributed by atoms with E-state index < -0.39 is 0 Å². The highest BCUT2D eigenvalue weighted by molar-refractivity contribution is 4.94. The van der Waals surface area contributed by atoms with Crippen molar-refractivity contribution in [3.8, 4) is 0 Å². The summed E-state index contributed by atoms with van der Waals surface area (Å²) >= 11 is 0. The average Bonchev–Trinajstić information content (AvgIpc) is 2.20. The van der Waals surface area contributed by atoms with Gasteiger partial charge in [0.05, 0.1) is 0 Å². The van der Waals surface area contributed by atoms with E-state index in [1.165, 1.54) is 19.4 Å². The molecule has 0 aliphatic carbocycles. The first kappa shape index (κ1) is 10.0. The number of unbranched alkanes of at least 4 members (excludes halogenated alkanes) is 1. The second-order valence-electron chi connectivity index (χ2n) is 4.58. The molecule has 72 valence electrons. The number of likely N-dealkylation sites (tertiary alicyclic amines) is 1. The van der Waals surface area contributed by atoms with Gasteiger partial charge in [-0.15, -0.1) is 0 Å². The number of hydrogen-bond donors (Lipinski definition) is 1. The molecule has 0 aromatic rings. The monoisotopic (exact) mass is 170 g/mol. The van der Waals surface area contributed by atoms with Crippen LogP contribution in [0.5, 0.6) is 0 Å². The molecule has 2 nitrogen and oxygen atoms in total. The molecule has 1 aliphatic heterocycles. The van der Waals surface area contributed by atoms with Gasteiger partial charge in [0.2, 0.25) is 0 Å².